The normalized spacial score (nSPS) is 11.9. The summed E-state index contributed by atoms with van der Waals surface area (Å²) in [6.45, 7) is 2.05. The van der Waals surface area contributed by atoms with Crippen molar-refractivity contribution in [3.63, 3.8) is 0 Å². The quantitative estimate of drug-likeness (QED) is 0.783. The van der Waals surface area contributed by atoms with E-state index in [0.29, 0.717) is 5.69 Å². The van der Waals surface area contributed by atoms with Gasteiger partial charge in [0, 0.05) is 17.8 Å². The van der Waals surface area contributed by atoms with Crippen LogP contribution in [0.25, 0.3) is 0 Å². The molecule has 1 unspecified atom stereocenters. The van der Waals surface area contributed by atoms with Gasteiger partial charge in [0.1, 0.15) is 5.69 Å². The van der Waals surface area contributed by atoms with Crippen molar-refractivity contribution in [3.8, 4) is 0 Å². The third kappa shape index (κ3) is 3.30. The van der Waals surface area contributed by atoms with Gasteiger partial charge >= 0.3 is 0 Å². The Hall–Kier alpha value is -2.47. The summed E-state index contributed by atoms with van der Waals surface area (Å²) in [7, 11) is 1.89. The summed E-state index contributed by atoms with van der Waals surface area (Å²) in [6.07, 6.45) is 0. The fraction of sp³-hybridized carbons (Fsp3) is 0.214. The van der Waals surface area contributed by atoms with Gasteiger partial charge in [-0.1, -0.05) is 12.1 Å². The standard InChI is InChI=1S/C14H16N4O2/c1-9(15-2)10-3-5-11(6-4-10)16-14(20)12-7-8-13(19)18-17-12/h3-9,15H,1-2H3,(H,16,20)(H,18,19). The molecule has 0 saturated heterocycles. The third-order valence-electron chi connectivity index (χ3n) is 3.01. The molecule has 104 valence electrons. The zero-order valence-electron chi connectivity index (χ0n) is 11.3. The maximum absolute atomic E-state index is 11.9. The second-order valence-electron chi connectivity index (χ2n) is 4.39. The molecule has 2 aromatic rings. The number of carbonyl (C=O) groups excluding carboxylic acids is 1. The molecule has 6 nitrogen and oxygen atoms in total. The van der Waals surface area contributed by atoms with Gasteiger partial charge in [-0.15, -0.1) is 0 Å². The molecule has 0 fully saturated rings. The minimum absolute atomic E-state index is 0.164. The Balaban J connectivity index is 2.08. The van der Waals surface area contributed by atoms with E-state index in [1.165, 1.54) is 12.1 Å². The van der Waals surface area contributed by atoms with Gasteiger partial charge in [0.2, 0.25) is 0 Å². The first-order chi connectivity index (χ1) is 9.60. The number of aromatic amines is 1. The lowest BCUT2D eigenvalue weighted by Gasteiger charge is -2.11. The Labute approximate surface area is 116 Å². The molecule has 2 rings (SSSR count). The van der Waals surface area contributed by atoms with E-state index in [0.717, 1.165) is 5.56 Å². The average molecular weight is 272 g/mol. The molecule has 1 aromatic carbocycles. The first kappa shape index (κ1) is 14.0. The number of aromatic nitrogens is 2. The highest BCUT2D eigenvalue weighted by atomic mass is 16.2. The number of nitrogens with one attached hydrogen (secondary N) is 3. The van der Waals surface area contributed by atoms with Gasteiger partial charge in [0.25, 0.3) is 11.5 Å². The molecule has 0 radical (unpaired) electrons. The lowest BCUT2D eigenvalue weighted by atomic mass is 10.1. The largest absolute Gasteiger partial charge is 0.321 e. The van der Waals surface area contributed by atoms with Gasteiger partial charge in [0.15, 0.2) is 0 Å². The Morgan fingerprint density at radius 1 is 1.20 bits per heavy atom. The summed E-state index contributed by atoms with van der Waals surface area (Å²) < 4.78 is 0. The molecular weight excluding hydrogens is 256 g/mol. The van der Waals surface area contributed by atoms with Crippen LogP contribution in [-0.2, 0) is 0 Å². The highest BCUT2D eigenvalue weighted by Gasteiger charge is 2.08. The van der Waals surface area contributed by atoms with Crippen LogP contribution >= 0.6 is 0 Å². The van der Waals surface area contributed by atoms with Gasteiger partial charge in [-0.3, -0.25) is 9.59 Å². The van der Waals surface area contributed by atoms with Gasteiger partial charge < -0.3 is 10.6 Å². The monoisotopic (exact) mass is 272 g/mol. The molecular formula is C14H16N4O2. The third-order valence-corrected chi connectivity index (χ3v) is 3.01. The van der Waals surface area contributed by atoms with Crippen molar-refractivity contribution in [3.05, 3.63) is 58.0 Å². The first-order valence-electron chi connectivity index (χ1n) is 6.24. The van der Waals surface area contributed by atoms with E-state index in [1.807, 2.05) is 31.3 Å². The van der Waals surface area contributed by atoms with Crippen LogP contribution in [-0.4, -0.2) is 23.2 Å². The number of hydrogen-bond donors (Lipinski definition) is 3. The van der Waals surface area contributed by atoms with E-state index >= 15 is 0 Å². The average Bonchev–Trinajstić information content (AvgIpc) is 2.48. The molecule has 1 heterocycles. The van der Waals surface area contributed by atoms with Gasteiger partial charge in [-0.25, -0.2) is 5.10 Å². The van der Waals surface area contributed by atoms with Gasteiger partial charge in [-0.05, 0) is 37.7 Å². The number of anilines is 1. The van der Waals surface area contributed by atoms with Crippen molar-refractivity contribution in [1.82, 2.24) is 15.5 Å². The zero-order chi connectivity index (χ0) is 14.5. The maximum Gasteiger partial charge on any atom is 0.276 e. The lowest BCUT2D eigenvalue weighted by molar-refractivity contribution is 0.102. The molecule has 0 aliphatic carbocycles. The molecule has 1 amide bonds. The second-order valence-corrected chi connectivity index (χ2v) is 4.39. The number of benzene rings is 1. The van der Waals surface area contributed by atoms with E-state index in [9.17, 15) is 9.59 Å². The number of nitrogens with zero attached hydrogens (tertiary/aromatic N) is 1. The van der Waals surface area contributed by atoms with Gasteiger partial charge in [-0.2, -0.15) is 5.10 Å². The van der Waals surface area contributed by atoms with Crippen molar-refractivity contribution < 1.29 is 4.79 Å². The maximum atomic E-state index is 11.9. The minimum Gasteiger partial charge on any atom is -0.321 e. The van der Waals surface area contributed by atoms with Crippen molar-refractivity contribution in [2.75, 3.05) is 12.4 Å². The molecule has 0 bridgehead atoms. The van der Waals surface area contributed by atoms with E-state index in [4.69, 9.17) is 0 Å². The molecule has 6 heteroatoms. The van der Waals surface area contributed by atoms with Crippen LogP contribution in [0.5, 0.6) is 0 Å². The summed E-state index contributed by atoms with van der Waals surface area (Å²) in [6, 6.07) is 10.4. The summed E-state index contributed by atoms with van der Waals surface area (Å²) in [4.78, 5) is 22.8. The van der Waals surface area contributed by atoms with Crippen molar-refractivity contribution in [2.45, 2.75) is 13.0 Å². The van der Waals surface area contributed by atoms with Gasteiger partial charge in [0.05, 0.1) is 0 Å². The zero-order valence-corrected chi connectivity index (χ0v) is 11.3. The van der Waals surface area contributed by atoms with Crippen LogP contribution in [0.15, 0.2) is 41.2 Å². The Bertz CT molecular complexity index is 628. The smallest absolute Gasteiger partial charge is 0.276 e. The van der Waals surface area contributed by atoms with Crippen LogP contribution in [0.3, 0.4) is 0 Å². The van der Waals surface area contributed by atoms with Crippen LogP contribution in [0.2, 0.25) is 0 Å². The summed E-state index contributed by atoms with van der Waals surface area (Å²) >= 11 is 0. The second kappa shape index (κ2) is 6.12. The SMILES string of the molecule is CNC(C)c1ccc(NC(=O)c2ccc(=O)[nH]n2)cc1. The summed E-state index contributed by atoms with van der Waals surface area (Å²) in [5.41, 5.74) is 1.63. The fourth-order valence-electron chi connectivity index (χ4n) is 1.69. The van der Waals surface area contributed by atoms with Crippen molar-refractivity contribution in [2.24, 2.45) is 0 Å². The predicted molar refractivity (Wildman–Crippen MR) is 76.7 cm³/mol. The van der Waals surface area contributed by atoms with Crippen LogP contribution < -0.4 is 16.2 Å². The Morgan fingerprint density at radius 3 is 2.45 bits per heavy atom. The van der Waals surface area contributed by atoms with E-state index in [1.54, 1.807) is 0 Å². The first-order valence-corrected chi connectivity index (χ1v) is 6.24. The van der Waals surface area contributed by atoms with Crippen molar-refractivity contribution >= 4 is 11.6 Å². The number of carbonyl (C=O) groups is 1. The van der Waals surface area contributed by atoms with Crippen LogP contribution in [0, 0.1) is 0 Å². The summed E-state index contributed by atoms with van der Waals surface area (Å²) in [5, 5.41) is 11.8. The summed E-state index contributed by atoms with van der Waals surface area (Å²) in [5.74, 6) is -0.365. The van der Waals surface area contributed by atoms with Crippen LogP contribution in [0.1, 0.15) is 29.0 Å². The minimum atomic E-state index is -0.365. The Kier molecular flexibility index (Phi) is 4.27. The van der Waals surface area contributed by atoms with E-state index in [2.05, 4.69) is 27.8 Å². The number of H-pyrrole nitrogens is 1. The molecule has 20 heavy (non-hydrogen) atoms. The lowest BCUT2D eigenvalue weighted by Crippen LogP contribution is -2.17. The Morgan fingerprint density at radius 2 is 1.90 bits per heavy atom. The van der Waals surface area contributed by atoms with E-state index in [-0.39, 0.29) is 23.2 Å². The fourth-order valence-corrected chi connectivity index (χ4v) is 1.69. The highest BCUT2D eigenvalue weighted by Crippen LogP contribution is 2.15. The molecule has 0 aliphatic heterocycles. The molecule has 3 N–H and O–H groups in total. The number of rotatable bonds is 4. The van der Waals surface area contributed by atoms with Crippen molar-refractivity contribution in [1.29, 1.82) is 0 Å². The molecule has 0 saturated carbocycles. The molecule has 0 spiro atoms. The molecule has 1 aromatic heterocycles. The van der Waals surface area contributed by atoms with E-state index < -0.39 is 0 Å². The highest BCUT2D eigenvalue weighted by molar-refractivity contribution is 6.02. The molecule has 0 aliphatic rings. The molecule has 1 atom stereocenters. The topological polar surface area (TPSA) is 86.9 Å². The van der Waals surface area contributed by atoms with Crippen LogP contribution in [0.4, 0.5) is 5.69 Å². The number of amides is 1. The predicted octanol–water partition coefficient (Wildman–Crippen LogP) is 1.30. The number of hydrogen-bond acceptors (Lipinski definition) is 4.